The van der Waals surface area contributed by atoms with Gasteiger partial charge in [-0.1, -0.05) is 37.6 Å². The lowest BCUT2D eigenvalue weighted by Gasteiger charge is -2.14. The molecule has 0 bridgehead atoms. The maximum atomic E-state index is 13.1. The van der Waals surface area contributed by atoms with Crippen LogP contribution < -0.4 is 15.6 Å². The first-order valence-corrected chi connectivity index (χ1v) is 9.78. The predicted molar refractivity (Wildman–Crippen MR) is 115 cm³/mol. The molecule has 8 nitrogen and oxygen atoms in total. The lowest BCUT2D eigenvalue weighted by Crippen LogP contribution is -2.29. The van der Waals surface area contributed by atoms with Crippen LogP contribution in [0.3, 0.4) is 0 Å². The fourth-order valence-corrected chi connectivity index (χ4v) is 3.66. The van der Waals surface area contributed by atoms with Crippen LogP contribution >= 0.6 is 11.6 Å². The van der Waals surface area contributed by atoms with Gasteiger partial charge in [0.15, 0.2) is 0 Å². The molecular formula is C21H20ClN5O3. The molecule has 0 unspecified atom stereocenters. The van der Waals surface area contributed by atoms with E-state index in [9.17, 15) is 9.59 Å². The number of aromatic nitrogens is 4. The van der Waals surface area contributed by atoms with Gasteiger partial charge in [0.2, 0.25) is 11.6 Å². The normalized spacial score (nSPS) is 11.4. The van der Waals surface area contributed by atoms with E-state index in [1.54, 1.807) is 28.7 Å². The van der Waals surface area contributed by atoms with Gasteiger partial charge in [0.1, 0.15) is 18.1 Å². The summed E-state index contributed by atoms with van der Waals surface area (Å²) in [6, 6.07) is 12.3. The molecule has 0 saturated carbocycles. The molecule has 0 aliphatic carbocycles. The van der Waals surface area contributed by atoms with Gasteiger partial charge in [-0.2, -0.15) is 0 Å². The molecule has 1 N–H and O–H groups in total. The van der Waals surface area contributed by atoms with E-state index in [0.29, 0.717) is 27.8 Å². The summed E-state index contributed by atoms with van der Waals surface area (Å²) in [5, 5.41) is 11.4. The number of fused-ring (bicyclic) bond motifs is 3. The molecular weight excluding hydrogens is 406 g/mol. The van der Waals surface area contributed by atoms with E-state index in [-0.39, 0.29) is 29.6 Å². The first kappa shape index (κ1) is 19.9. The second kappa shape index (κ2) is 7.79. The molecule has 154 valence electrons. The molecule has 4 aromatic rings. The van der Waals surface area contributed by atoms with Crippen molar-refractivity contribution < 1.29 is 9.53 Å². The zero-order chi connectivity index (χ0) is 21.4. The molecule has 2 heterocycles. The number of halogens is 1. The van der Waals surface area contributed by atoms with E-state index in [4.69, 9.17) is 16.3 Å². The highest BCUT2D eigenvalue weighted by Gasteiger charge is 2.19. The summed E-state index contributed by atoms with van der Waals surface area (Å²) in [7, 11) is 1.52. The number of anilines is 1. The minimum absolute atomic E-state index is 0.0850. The molecule has 0 atom stereocenters. The first-order valence-electron chi connectivity index (χ1n) is 9.40. The molecule has 2 aromatic heterocycles. The van der Waals surface area contributed by atoms with Gasteiger partial charge in [0.25, 0.3) is 5.56 Å². The third kappa shape index (κ3) is 3.39. The van der Waals surface area contributed by atoms with Crippen molar-refractivity contribution in [3.63, 3.8) is 0 Å². The smallest absolute Gasteiger partial charge is 0.297 e. The number of amides is 1. The van der Waals surface area contributed by atoms with E-state index in [0.717, 1.165) is 5.52 Å². The predicted octanol–water partition coefficient (Wildman–Crippen LogP) is 3.47. The fraction of sp³-hybridized carbons (Fsp3) is 0.238. The molecule has 0 aliphatic heterocycles. The number of methoxy groups -OCH3 is 1. The Kier molecular flexibility index (Phi) is 5.17. The van der Waals surface area contributed by atoms with Crippen molar-refractivity contribution in [1.29, 1.82) is 0 Å². The van der Waals surface area contributed by atoms with Crippen LogP contribution in [0.1, 0.15) is 25.6 Å². The van der Waals surface area contributed by atoms with E-state index >= 15 is 0 Å². The Morgan fingerprint density at radius 3 is 2.57 bits per heavy atom. The summed E-state index contributed by atoms with van der Waals surface area (Å²) < 4.78 is 8.29. The summed E-state index contributed by atoms with van der Waals surface area (Å²) >= 11 is 6.12. The number of hydrogen-bond acceptors (Lipinski definition) is 5. The molecule has 30 heavy (non-hydrogen) atoms. The number of hydrogen-bond donors (Lipinski definition) is 1. The Bertz CT molecular complexity index is 1330. The highest BCUT2D eigenvalue weighted by molar-refractivity contribution is 6.32. The van der Waals surface area contributed by atoms with Crippen LogP contribution in [0, 0.1) is 0 Å². The second-order valence-corrected chi connectivity index (χ2v) is 7.56. The highest BCUT2D eigenvalue weighted by atomic mass is 35.5. The average Bonchev–Trinajstić information content (AvgIpc) is 3.17. The summed E-state index contributed by atoms with van der Waals surface area (Å²) in [5.41, 5.74) is 1.71. The third-order valence-corrected chi connectivity index (χ3v) is 5.09. The molecule has 0 spiro atoms. The van der Waals surface area contributed by atoms with Gasteiger partial charge < -0.3 is 10.1 Å². The lowest BCUT2D eigenvalue weighted by molar-refractivity contribution is -0.116. The second-order valence-electron chi connectivity index (χ2n) is 7.15. The van der Waals surface area contributed by atoms with Crippen LogP contribution in [-0.2, 0) is 11.3 Å². The molecule has 9 heteroatoms. The zero-order valence-electron chi connectivity index (χ0n) is 16.7. The van der Waals surface area contributed by atoms with Gasteiger partial charge in [-0.05, 0) is 30.3 Å². The van der Waals surface area contributed by atoms with Crippen molar-refractivity contribution >= 4 is 39.9 Å². The molecule has 0 saturated heterocycles. The van der Waals surface area contributed by atoms with E-state index in [1.165, 1.54) is 11.7 Å². The molecule has 2 aromatic carbocycles. The maximum absolute atomic E-state index is 13.1. The van der Waals surface area contributed by atoms with E-state index in [2.05, 4.69) is 15.5 Å². The van der Waals surface area contributed by atoms with Gasteiger partial charge in [-0.15, -0.1) is 10.2 Å². The monoisotopic (exact) mass is 425 g/mol. The maximum Gasteiger partial charge on any atom is 0.297 e. The fourth-order valence-electron chi connectivity index (χ4n) is 3.40. The Balaban J connectivity index is 1.75. The van der Waals surface area contributed by atoms with E-state index < -0.39 is 0 Å². The number of carbonyl (C=O) groups is 1. The van der Waals surface area contributed by atoms with Crippen LogP contribution in [-0.4, -0.2) is 32.2 Å². The van der Waals surface area contributed by atoms with Crippen molar-refractivity contribution in [1.82, 2.24) is 19.2 Å². The topological polar surface area (TPSA) is 90.5 Å². The number of para-hydroxylation sites is 2. The molecule has 0 fully saturated rings. The molecule has 1 amide bonds. The number of ether oxygens (including phenoxy) is 1. The largest absolute Gasteiger partial charge is 0.495 e. The number of nitrogens with one attached hydrogen (secondary N) is 1. The Morgan fingerprint density at radius 2 is 1.90 bits per heavy atom. The van der Waals surface area contributed by atoms with Gasteiger partial charge in [0, 0.05) is 11.6 Å². The SMILES string of the molecule is COc1ccc(NC(=O)Cn2c(=O)c3nnc(C(C)C)n3c3ccccc32)cc1Cl. The minimum Gasteiger partial charge on any atom is -0.495 e. The first-order chi connectivity index (χ1) is 14.4. The van der Waals surface area contributed by atoms with Gasteiger partial charge in [-0.25, -0.2) is 0 Å². The van der Waals surface area contributed by atoms with Gasteiger partial charge in [-0.3, -0.25) is 18.6 Å². The number of nitrogens with zero attached hydrogens (tertiary/aromatic N) is 4. The Hall–Kier alpha value is -3.39. The van der Waals surface area contributed by atoms with Crippen LogP contribution in [0.15, 0.2) is 47.3 Å². The van der Waals surface area contributed by atoms with Crippen molar-refractivity contribution in [2.24, 2.45) is 0 Å². The van der Waals surface area contributed by atoms with Crippen LogP contribution in [0.5, 0.6) is 5.75 Å². The van der Waals surface area contributed by atoms with Gasteiger partial charge >= 0.3 is 0 Å². The summed E-state index contributed by atoms with van der Waals surface area (Å²) in [5.74, 6) is 0.927. The number of carbonyl (C=O) groups excluding carboxylic acids is 1. The Labute approximate surface area is 177 Å². The number of benzene rings is 2. The van der Waals surface area contributed by atoms with Crippen LogP contribution in [0.25, 0.3) is 16.7 Å². The third-order valence-electron chi connectivity index (χ3n) is 4.79. The zero-order valence-corrected chi connectivity index (χ0v) is 17.5. The lowest BCUT2D eigenvalue weighted by atomic mass is 10.2. The Morgan fingerprint density at radius 1 is 1.17 bits per heavy atom. The quantitative estimate of drug-likeness (QED) is 0.528. The van der Waals surface area contributed by atoms with Crippen molar-refractivity contribution in [3.8, 4) is 5.75 Å². The van der Waals surface area contributed by atoms with Gasteiger partial charge in [0.05, 0.1) is 23.2 Å². The summed E-state index contributed by atoms with van der Waals surface area (Å²) in [6.45, 7) is 3.80. The van der Waals surface area contributed by atoms with Crippen molar-refractivity contribution in [2.75, 3.05) is 12.4 Å². The minimum atomic E-state index is -0.379. The highest BCUT2D eigenvalue weighted by Crippen LogP contribution is 2.27. The summed E-state index contributed by atoms with van der Waals surface area (Å²) in [6.07, 6.45) is 0. The molecule has 4 rings (SSSR count). The van der Waals surface area contributed by atoms with Crippen molar-refractivity contribution in [3.05, 3.63) is 63.7 Å². The average molecular weight is 426 g/mol. The molecule has 0 aliphatic rings. The van der Waals surface area contributed by atoms with Crippen LogP contribution in [0.4, 0.5) is 5.69 Å². The molecule has 0 radical (unpaired) electrons. The number of rotatable bonds is 5. The summed E-state index contributed by atoms with van der Waals surface area (Å²) in [4.78, 5) is 25.8. The standard InChI is InChI=1S/C21H20ClN5O3/c1-12(2)19-24-25-20-21(29)26(15-6-4-5-7-16(15)27(19)20)11-18(28)23-13-8-9-17(30-3)14(22)10-13/h4-10,12H,11H2,1-3H3,(H,23,28). The van der Waals surface area contributed by atoms with Crippen molar-refractivity contribution in [2.45, 2.75) is 26.3 Å². The van der Waals surface area contributed by atoms with Crippen LogP contribution in [0.2, 0.25) is 5.02 Å². The van der Waals surface area contributed by atoms with E-state index in [1.807, 2.05) is 32.0 Å².